The van der Waals surface area contributed by atoms with Crippen molar-refractivity contribution < 1.29 is 9.53 Å². The highest BCUT2D eigenvalue weighted by atomic mass is 33.5. The summed E-state index contributed by atoms with van der Waals surface area (Å²) < 4.78 is 4.77. The van der Waals surface area contributed by atoms with E-state index in [4.69, 9.17) is 4.74 Å². The van der Waals surface area contributed by atoms with Gasteiger partial charge in [0.15, 0.2) is 0 Å². The first-order valence-electron chi connectivity index (χ1n) is 4.07. The predicted molar refractivity (Wildman–Crippen MR) is 61.3 cm³/mol. The van der Waals surface area contributed by atoms with E-state index in [1.165, 1.54) is 7.11 Å². The second-order valence-electron chi connectivity index (χ2n) is 2.63. The van der Waals surface area contributed by atoms with Crippen LogP contribution in [0.5, 0.6) is 0 Å². The third-order valence-corrected chi connectivity index (χ3v) is 5.61. The summed E-state index contributed by atoms with van der Waals surface area (Å²) in [5.74, 6) is -0.147. The Bertz CT molecular complexity index is 215. The number of methoxy groups -OCH3 is 1. The number of esters is 1. The fourth-order valence-electron chi connectivity index (χ4n) is 1.09. The molecule has 0 bridgehead atoms. The van der Waals surface area contributed by atoms with Gasteiger partial charge in [0.2, 0.25) is 0 Å². The maximum Gasteiger partial charge on any atom is 0.313 e. The lowest BCUT2D eigenvalue weighted by molar-refractivity contribution is -0.144. The van der Waals surface area contributed by atoms with Crippen LogP contribution in [0.4, 0.5) is 0 Å². The summed E-state index contributed by atoms with van der Waals surface area (Å²) in [5.41, 5.74) is 0. The van der Waals surface area contributed by atoms with Crippen molar-refractivity contribution in [3.8, 4) is 0 Å². The van der Waals surface area contributed by atoms with Crippen LogP contribution in [0.15, 0.2) is 10.3 Å². The molecule has 2 nitrogen and oxygen atoms in total. The molecule has 1 atom stereocenters. The van der Waals surface area contributed by atoms with Gasteiger partial charge in [0.1, 0.15) is 0 Å². The topological polar surface area (TPSA) is 26.3 Å². The summed E-state index contributed by atoms with van der Waals surface area (Å²) in [4.78, 5) is 12.5. The molecule has 0 aromatic rings. The van der Waals surface area contributed by atoms with E-state index in [0.29, 0.717) is 0 Å². The summed E-state index contributed by atoms with van der Waals surface area (Å²) in [7, 11) is 6.50. The minimum atomic E-state index is -0.108. The van der Waals surface area contributed by atoms with Crippen molar-refractivity contribution in [1.82, 2.24) is 0 Å². The van der Waals surface area contributed by atoms with E-state index in [9.17, 15) is 4.79 Å². The first kappa shape index (κ1) is 11.3. The fourth-order valence-corrected chi connectivity index (χ4v) is 5.22. The number of rotatable bonds is 4. The van der Waals surface area contributed by atoms with Crippen LogP contribution in [-0.2, 0) is 9.53 Å². The number of carbonyl (C=O) groups is 1. The molecule has 0 aromatic heterocycles. The van der Waals surface area contributed by atoms with Crippen LogP contribution in [0, 0.1) is 5.92 Å². The molecule has 0 fully saturated rings. The summed E-state index contributed by atoms with van der Waals surface area (Å²) in [5, 5.41) is 2.05. The Balaban J connectivity index is 2.60. The standard InChI is InChI=1S/C8H12O2S3/c1-3-4-6(8(9)10-2)7-5-11-13-12-7/h5-6H,3-4H2,1-2H3. The van der Waals surface area contributed by atoms with Gasteiger partial charge >= 0.3 is 5.97 Å². The molecule has 1 aliphatic heterocycles. The van der Waals surface area contributed by atoms with E-state index in [2.05, 4.69) is 6.92 Å². The molecule has 1 unspecified atom stereocenters. The lowest BCUT2D eigenvalue weighted by Crippen LogP contribution is -2.16. The third-order valence-electron chi connectivity index (χ3n) is 1.74. The van der Waals surface area contributed by atoms with Crippen molar-refractivity contribution in [2.45, 2.75) is 19.8 Å². The quantitative estimate of drug-likeness (QED) is 0.550. The van der Waals surface area contributed by atoms with Crippen LogP contribution in [0.1, 0.15) is 19.8 Å². The van der Waals surface area contributed by atoms with Crippen LogP contribution in [0.2, 0.25) is 0 Å². The third kappa shape index (κ3) is 3.14. The van der Waals surface area contributed by atoms with Gasteiger partial charge in [-0.05, 0) is 32.4 Å². The number of hydrogen-bond acceptors (Lipinski definition) is 5. The van der Waals surface area contributed by atoms with Gasteiger partial charge in [-0.2, -0.15) is 0 Å². The van der Waals surface area contributed by atoms with E-state index in [0.717, 1.165) is 17.7 Å². The summed E-state index contributed by atoms with van der Waals surface area (Å²) >= 11 is 0. The van der Waals surface area contributed by atoms with Crippen molar-refractivity contribution in [2.75, 3.05) is 7.11 Å². The van der Waals surface area contributed by atoms with E-state index in [-0.39, 0.29) is 11.9 Å². The van der Waals surface area contributed by atoms with Crippen molar-refractivity contribution in [1.29, 1.82) is 0 Å². The summed E-state index contributed by atoms with van der Waals surface area (Å²) in [6.45, 7) is 2.08. The highest BCUT2D eigenvalue weighted by molar-refractivity contribution is 9.11. The predicted octanol–water partition coefficient (Wildman–Crippen LogP) is 3.46. The largest absolute Gasteiger partial charge is 0.469 e. The summed E-state index contributed by atoms with van der Waals surface area (Å²) in [6, 6.07) is 0. The molecule has 74 valence electrons. The minimum absolute atomic E-state index is 0.0394. The maximum absolute atomic E-state index is 11.4. The van der Waals surface area contributed by atoms with Gasteiger partial charge in [-0.25, -0.2) is 0 Å². The van der Waals surface area contributed by atoms with Gasteiger partial charge in [0.25, 0.3) is 0 Å². The van der Waals surface area contributed by atoms with Crippen LogP contribution in [0.3, 0.4) is 0 Å². The van der Waals surface area contributed by atoms with Crippen LogP contribution < -0.4 is 0 Å². The molecule has 0 amide bonds. The zero-order valence-corrected chi connectivity index (χ0v) is 10.1. The number of hydrogen-bond donors (Lipinski definition) is 0. The zero-order valence-electron chi connectivity index (χ0n) is 7.61. The SMILES string of the molecule is CCCC(C(=O)OC)C1=CSSS1. The Hall–Kier alpha value is 0.260. The van der Waals surface area contributed by atoms with E-state index >= 15 is 0 Å². The molecule has 13 heavy (non-hydrogen) atoms. The van der Waals surface area contributed by atoms with E-state index in [1.807, 2.05) is 5.41 Å². The first-order valence-corrected chi connectivity index (χ1v) is 7.62. The van der Waals surface area contributed by atoms with Gasteiger partial charge in [0, 0.05) is 4.91 Å². The molecule has 0 saturated heterocycles. The number of carbonyl (C=O) groups excluding carboxylic acids is 1. The van der Waals surface area contributed by atoms with Gasteiger partial charge in [-0.1, -0.05) is 24.1 Å². The summed E-state index contributed by atoms with van der Waals surface area (Å²) in [6.07, 6.45) is 1.89. The van der Waals surface area contributed by atoms with Crippen LogP contribution in [-0.4, -0.2) is 13.1 Å². The van der Waals surface area contributed by atoms with Gasteiger partial charge < -0.3 is 4.74 Å². The molecule has 1 rings (SSSR count). The lowest BCUT2D eigenvalue weighted by Gasteiger charge is -2.12. The first-order chi connectivity index (χ1) is 6.29. The molecular weight excluding hydrogens is 224 g/mol. The monoisotopic (exact) mass is 236 g/mol. The Morgan fingerprint density at radius 1 is 1.69 bits per heavy atom. The van der Waals surface area contributed by atoms with Crippen molar-refractivity contribution in [2.24, 2.45) is 5.92 Å². The smallest absolute Gasteiger partial charge is 0.313 e. The molecular formula is C8H12O2S3. The average Bonchev–Trinajstić information content (AvgIpc) is 2.65. The lowest BCUT2D eigenvalue weighted by atomic mass is 10.0. The Labute approximate surface area is 90.0 Å². The zero-order chi connectivity index (χ0) is 9.68. The van der Waals surface area contributed by atoms with Crippen molar-refractivity contribution in [3.63, 3.8) is 0 Å². The average molecular weight is 236 g/mol. The Morgan fingerprint density at radius 3 is 2.92 bits per heavy atom. The minimum Gasteiger partial charge on any atom is -0.469 e. The van der Waals surface area contributed by atoms with Gasteiger partial charge in [-0.3, -0.25) is 4.79 Å². The van der Waals surface area contributed by atoms with Crippen LogP contribution in [0.25, 0.3) is 0 Å². The van der Waals surface area contributed by atoms with Crippen molar-refractivity contribution >= 4 is 37.4 Å². The second kappa shape index (κ2) is 5.88. The second-order valence-corrected chi connectivity index (χ2v) is 6.54. The molecule has 1 heterocycles. The van der Waals surface area contributed by atoms with Crippen LogP contribution >= 0.6 is 31.4 Å². The molecule has 0 saturated carbocycles. The molecule has 0 aromatic carbocycles. The normalized spacial score (nSPS) is 18.2. The highest BCUT2D eigenvalue weighted by Crippen LogP contribution is 2.52. The number of ether oxygens (including phenoxy) is 1. The maximum atomic E-state index is 11.4. The Kier molecular flexibility index (Phi) is 5.13. The van der Waals surface area contributed by atoms with Crippen molar-refractivity contribution in [3.05, 3.63) is 10.3 Å². The molecule has 0 spiro atoms. The molecule has 0 radical (unpaired) electrons. The highest BCUT2D eigenvalue weighted by Gasteiger charge is 2.25. The molecule has 0 aliphatic carbocycles. The molecule has 0 N–H and O–H groups in total. The molecule has 5 heteroatoms. The van der Waals surface area contributed by atoms with E-state index in [1.54, 1.807) is 31.4 Å². The van der Waals surface area contributed by atoms with Gasteiger partial charge in [-0.15, -0.1) is 0 Å². The molecule has 1 aliphatic rings. The fraction of sp³-hybridized carbons (Fsp3) is 0.625. The Morgan fingerprint density at radius 2 is 2.46 bits per heavy atom. The van der Waals surface area contributed by atoms with Gasteiger partial charge in [0.05, 0.1) is 13.0 Å². The van der Waals surface area contributed by atoms with E-state index < -0.39 is 0 Å².